The molecule has 4 heteroatoms. The molecule has 0 radical (unpaired) electrons. The molecule has 104 valence electrons. The minimum absolute atomic E-state index is 0.143. The SMILES string of the molecule is Cc1ccc(F)c(NC2CCOC3(CCOC3)C2)c1. The zero-order chi connectivity index (χ0) is 13.3. The maximum absolute atomic E-state index is 13.8. The van der Waals surface area contributed by atoms with Crippen LogP contribution in [-0.4, -0.2) is 31.5 Å². The van der Waals surface area contributed by atoms with Crippen LogP contribution in [0.2, 0.25) is 0 Å². The number of benzene rings is 1. The first-order valence-electron chi connectivity index (χ1n) is 6.91. The Hall–Kier alpha value is -1.13. The fourth-order valence-electron chi connectivity index (χ4n) is 2.98. The van der Waals surface area contributed by atoms with Crippen LogP contribution >= 0.6 is 0 Å². The summed E-state index contributed by atoms with van der Waals surface area (Å²) in [6.45, 7) is 4.13. The number of ether oxygens (including phenoxy) is 2. The first-order valence-corrected chi connectivity index (χ1v) is 6.91. The monoisotopic (exact) mass is 265 g/mol. The van der Waals surface area contributed by atoms with Crippen LogP contribution in [0.15, 0.2) is 18.2 Å². The minimum atomic E-state index is -0.186. The Bertz CT molecular complexity index is 457. The lowest BCUT2D eigenvalue weighted by Gasteiger charge is -2.37. The molecule has 2 aliphatic rings. The van der Waals surface area contributed by atoms with Gasteiger partial charge in [0.15, 0.2) is 0 Å². The van der Waals surface area contributed by atoms with E-state index in [1.54, 1.807) is 6.07 Å². The summed E-state index contributed by atoms with van der Waals surface area (Å²) in [5.74, 6) is -0.186. The normalized spacial score (nSPS) is 30.7. The summed E-state index contributed by atoms with van der Waals surface area (Å²) >= 11 is 0. The maximum atomic E-state index is 13.8. The first-order chi connectivity index (χ1) is 9.17. The number of hydrogen-bond donors (Lipinski definition) is 1. The third-order valence-corrected chi connectivity index (χ3v) is 4.04. The van der Waals surface area contributed by atoms with Crippen molar-refractivity contribution < 1.29 is 13.9 Å². The van der Waals surface area contributed by atoms with Gasteiger partial charge in [-0.05, 0) is 37.5 Å². The third kappa shape index (κ3) is 2.74. The van der Waals surface area contributed by atoms with Crippen LogP contribution in [0.25, 0.3) is 0 Å². The number of halogens is 1. The second-order valence-corrected chi connectivity index (χ2v) is 5.65. The largest absolute Gasteiger partial charge is 0.380 e. The van der Waals surface area contributed by atoms with Crippen LogP contribution in [0.3, 0.4) is 0 Å². The standard InChI is InChI=1S/C15H20FNO2/c1-11-2-3-13(16)14(8-11)17-12-4-6-19-15(9-12)5-7-18-10-15/h2-3,8,12,17H,4-7,9-10H2,1H3. The minimum Gasteiger partial charge on any atom is -0.380 e. The zero-order valence-electron chi connectivity index (χ0n) is 11.2. The predicted molar refractivity (Wildman–Crippen MR) is 71.9 cm³/mol. The molecular formula is C15H20FNO2. The summed E-state index contributed by atoms with van der Waals surface area (Å²) in [4.78, 5) is 0. The van der Waals surface area contributed by atoms with Crippen molar-refractivity contribution in [2.75, 3.05) is 25.1 Å². The van der Waals surface area contributed by atoms with Gasteiger partial charge in [0, 0.05) is 25.7 Å². The van der Waals surface area contributed by atoms with Gasteiger partial charge >= 0.3 is 0 Å². The molecule has 2 saturated heterocycles. The molecule has 0 saturated carbocycles. The first kappa shape index (κ1) is 12.9. The van der Waals surface area contributed by atoms with Gasteiger partial charge in [0.1, 0.15) is 5.82 Å². The van der Waals surface area contributed by atoms with Crippen molar-refractivity contribution in [2.45, 2.75) is 37.8 Å². The number of aryl methyl sites for hydroxylation is 1. The van der Waals surface area contributed by atoms with Gasteiger partial charge in [-0.1, -0.05) is 6.07 Å². The van der Waals surface area contributed by atoms with E-state index >= 15 is 0 Å². The molecule has 2 heterocycles. The molecule has 1 aromatic rings. The van der Waals surface area contributed by atoms with Crippen LogP contribution in [0.1, 0.15) is 24.8 Å². The number of hydrogen-bond acceptors (Lipinski definition) is 3. The van der Waals surface area contributed by atoms with Crippen LogP contribution in [0, 0.1) is 12.7 Å². The van der Waals surface area contributed by atoms with Gasteiger partial charge in [0.05, 0.1) is 17.9 Å². The molecule has 2 fully saturated rings. The summed E-state index contributed by atoms with van der Waals surface area (Å²) in [7, 11) is 0. The summed E-state index contributed by atoms with van der Waals surface area (Å²) in [6, 6.07) is 5.43. The van der Waals surface area contributed by atoms with Crippen molar-refractivity contribution >= 4 is 5.69 Å². The highest BCUT2D eigenvalue weighted by atomic mass is 19.1. The molecule has 1 spiro atoms. The Morgan fingerprint density at radius 2 is 2.26 bits per heavy atom. The fraction of sp³-hybridized carbons (Fsp3) is 0.600. The van der Waals surface area contributed by atoms with Crippen molar-refractivity contribution in [3.63, 3.8) is 0 Å². The zero-order valence-corrected chi connectivity index (χ0v) is 11.2. The van der Waals surface area contributed by atoms with E-state index in [2.05, 4.69) is 5.32 Å². The van der Waals surface area contributed by atoms with Gasteiger partial charge < -0.3 is 14.8 Å². The van der Waals surface area contributed by atoms with Gasteiger partial charge in [-0.2, -0.15) is 0 Å². The van der Waals surface area contributed by atoms with Crippen molar-refractivity contribution in [2.24, 2.45) is 0 Å². The van der Waals surface area contributed by atoms with Gasteiger partial charge in [0.2, 0.25) is 0 Å². The molecule has 0 amide bonds. The van der Waals surface area contributed by atoms with E-state index < -0.39 is 0 Å². The second-order valence-electron chi connectivity index (χ2n) is 5.65. The van der Waals surface area contributed by atoms with E-state index in [9.17, 15) is 4.39 Å². The lowest BCUT2D eigenvalue weighted by atomic mass is 9.89. The van der Waals surface area contributed by atoms with E-state index in [4.69, 9.17) is 9.47 Å². The van der Waals surface area contributed by atoms with Crippen molar-refractivity contribution in [3.05, 3.63) is 29.6 Å². The second kappa shape index (κ2) is 5.10. The number of anilines is 1. The van der Waals surface area contributed by atoms with Crippen LogP contribution in [-0.2, 0) is 9.47 Å². The molecule has 2 atom stereocenters. The molecule has 0 aromatic heterocycles. The highest BCUT2D eigenvalue weighted by Crippen LogP contribution is 2.34. The van der Waals surface area contributed by atoms with E-state index in [0.29, 0.717) is 18.9 Å². The topological polar surface area (TPSA) is 30.5 Å². The molecule has 2 unspecified atom stereocenters. The van der Waals surface area contributed by atoms with Gasteiger partial charge in [0.25, 0.3) is 0 Å². The Kier molecular flexibility index (Phi) is 3.46. The van der Waals surface area contributed by atoms with Crippen molar-refractivity contribution in [1.29, 1.82) is 0 Å². The molecule has 1 aromatic carbocycles. The highest BCUT2D eigenvalue weighted by molar-refractivity contribution is 5.48. The van der Waals surface area contributed by atoms with E-state index in [1.165, 1.54) is 6.07 Å². The molecule has 19 heavy (non-hydrogen) atoms. The fourth-order valence-corrected chi connectivity index (χ4v) is 2.98. The van der Waals surface area contributed by atoms with Crippen molar-refractivity contribution in [1.82, 2.24) is 0 Å². The Balaban J connectivity index is 1.70. The summed E-state index contributed by atoms with van der Waals surface area (Å²) in [5.41, 5.74) is 1.52. The smallest absolute Gasteiger partial charge is 0.146 e. The van der Waals surface area contributed by atoms with E-state index in [0.717, 1.165) is 31.4 Å². The molecular weight excluding hydrogens is 245 g/mol. The molecule has 3 nitrogen and oxygen atoms in total. The van der Waals surface area contributed by atoms with E-state index in [1.807, 2.05) is 13.0 Å². The summed E-state index contributed by atoms with van der Waals surface area (Å²) < 4.78 is 25.1. The Labute approximate surface area is 113 Å². The summed E-state index contributed by atoms with van der Waals surface area (Å²) in [5, 5.41) is 3.33. The van der Waals surface area contributed by atoms with Crippen LogP contribution in [0.5, 0.6) is 0 Å². The summed E-state index contributed by atoms with van der Waals surface area (Å²) in [6.07, 6.45) is 2.75. The lowest BCUT2D eigenvalue weighted by Crippen LogP contribution is -2.45. The average Bonchev–Trinajstić information content (AvgIpc) is 2.82. The molecule has 0 aliphatic carbocycles. The Morgan fingerprint density at radius 3 is 3.05 bits per heavy atom. The van der Waals surface area contributed by atoms with Crippen LogP contribution in [0.4, 0.5) is 10.1 Å². The maximum Gasteiger partial charge on any atom is 0.146 e. The predicted octanol–water partition coefficient (Wildman–Crippen LogP) is 2.88. The molecule has 0 bridgehead atoms. The number of rotatable bonds is 2. The van der Waals surface area contributed by atoms with Crippen LogP contribution < -0.4 is 5.32 Å². The third-order valence-electron chi connectivity index (χ3n) is 4.04. The lowest BCUT2D eigenvalue weighted by molar-refractivity contribution is -0.0828. The highest BCUT2D eigenvalue weighted by Gasteiger charge is 2.41. The van der Waals surface area contributed by atoms with Crippen molar-refractivity contribution in [3.8, 4) is 0 Å². The van der Waals surface area contributed by atoms with Gasteiger partial charge in [-0.3, -0.25) is 0 Å². The average molecular weight is 265 g/mol. The van der Waals surface area contributed by atoms with Gasteiger partial charge in [-0.25, -0.2) is 4.39 Å². The van der Waals surface area contributed by atoms with E-state index in [-0.39, 0.29) is 17.5 Å². The molecule has 1 N–H and O–H groups in total. The number of nitrogens with one attached hydrogen (secondary N) is 1. The Morgan fingerprint density at radius 1 is 1.37 bits per heavy atom. The van der Waals surface area contributed by atoms with Gasteiger partial charge in [-0.15, -0.1) is 0 Å². The molecule has 2 aliphatic heterocycles. The molecule has 3 rings (SSSR count). The quantitative estimate of drug-likeness (QED) is 0.892.